The normalized spacial score (nSPS) is 16.5. The number of halogens is 1. The predicted molar refractivity (Wildman–Crippen MR) is 81.4 cm³/mol. The summed E-state index contributed by atoms with van der Waals surface area (Å²) in [5.74, 6) is 1.88. The van der Waals surface area contributed by atoms with Crippen molar-refractivity contribution in [2.45, 2.75) is 44.8 Å². The third-order valence-corrected chi connectivity index (χ3v) is 3.76. The van der Waals surface area contributed by atoms with Crippen LogP contribution in [0.5, 0.6) is 5.75 Å². The molecule has 1 aromatic heterocycles. The number of nitrogens with two attached hydrogens (primary N) is 1. The molecule has 6 heteroatoms. The Bertz CT molecular complexity index is 594. The highest BCUT2D eigenvalue weighted by atomic mass is 35.5. The molecule has 0 bridgehead atoms. The zero-order valence-corrected chi connectivity index (χ0v) is 12.9. The van der Waals surface area contributed by atoms with Crippen molar-refractivity contribution in [3.63, 3.8) is 0 Å². The van der Waals surface area contributed by atoms with E-state index < -0.39 is 5.54 Å². The first-order valence-corrected chi connectivity index (χ1v) is 6.97. The van der Waals surface area contributed by atoms with E-state index in [4.69, 9.17) is 15.0 Å². The zero-order valence-electron chi connectivity index (χ0n) is 12.0. The molecule has 1 aliphatic rings. The third kappa shape index (κ3) is 3.54. The van der Waals surface area contributed by atoms with Crippen molar-refractivity contribution in [2.24, 2.45) is 5.73 Å². The molecule has 114 valence electrons. The highest BCUT2D eigenvalue weighted by Gasteiger charge is 2.35. The Morgan fingerprint density at radius 1 is 1.33 bits per heavy atom. The quantitative estimate of drug-likeness (QED) is 0.939. The molecule has 21 heavy (non-hydrogen) atoms. The molecule has 0 saturated heterocycles. The smallest absolute Gasteiger partial charge is 0.264 e. The molecule has 0 radical (unpaired) electrons. The fourth-order valence-electron chi connectivity index (χ4n) is 2.60. The Hall–Kier alpha value is -1.59. The van der Waals surface area contributed by atoms with Crippen LogP contribution in [-0.2, 0) is 12.1 Å². The van der Waals surface area contributed by atoms with Gasteiger partial charge >= 0.3 is 0 Å². The highest BCUT2D eigenvalue weighted by molar-refractivity contribution is 5.85. The van der Waals surface area contributed by atoms with E-state index in [1.807, 2.05) is 31.2 Å². The fourth-order valence-corrected chi connectivity index (χ4v) is 2.60. The van der Waals surface area contributed by atoms with E-state index >= 15 is 0 Å². The average Bonchev–Trinajstić information content (AvgIpc) is 3.06. The average molecular weight is 310 g/mol. The van der Waals surface area contributed by atoms with Crippen LogP contribution in [0.15, 0.2) is 28.8 Å². The first-order valence-electron chi connectivity index (χ1n) is 6.97. The van der Waals surface area contributed by atoms with Gasteiger partial charge in [0.1, 0.15) is 5.75 Å². The second-order valence-electron chi connectivity index (χ2n) is 5.48. The molecule has 3 rings (SSSR count). The van der Waals surface area contributed by atoms with Gasteiger partial charge < -0.3 is 15.0 Å². The second kappa shape index (κ2) is 6.45. The predicted octanol–water partition coefficient (Wildman–Crippen LogP) is 3.11. The lowest BCUT2D eigenvalue weighted by Crippen LogP contribution is -2.34. The molecule has 1 aromatic carbocycles. The van der Waals surface area contributed by atoms with E-state index in [1.165, 1.54) is 0 Å². The maximum atomic E-state index is 6.30. The highest BCUT2D eigenvalue weighted by Crippen LogP contribution is 2.34. The molecule has 0 atom stereocenters. The van der Waals surface area contributed by atoms with Crippen molar-refractivity contribution in [3.8, 4) is 5.75 Å². The van der Waals surface area contributed by atoms with E-state index in [2.05, 4.69) is 10.1 Å². The SMILES string of the molecule is Cc1cccc(OCc2nc(C3(N)CCCC3)no2)c1.Cl. The Kier molecular flexibility index (Phi) is 4.85. The van der Waals surface area contributed by atoms with Gasteiger partial charge in [0.05, 0.1) is 5.54 Å². The van der Waals surface area contributed by atoms with Gasteiger partial charge in [-0.05, 0) is 37.5 Å². The van der Waals surface area contributed by atoms with Crippen LogP contribution in [-0.4, -0.2) is 10.1 Å². The van der Waals surface area contributed by atoms with E-state index in [-0.39, 0.29) is 19.0 Å². The minimum absolute atomic E-state index is 0. The van der Waals surface area contributed by atoms with Crippen LogP contribution in [0.4, 0.5) is 0 Å². The van der Waals surface area contributed by atoms with Crippen molar-refractivity contribution in [1.29, 1.82) is 0 Å². The largest absolute Gasteiger partial charge is 0.484 e. The third-order valence-electron chi connectivity index (χ3n) is 3.76. The molecular formula is C15H20ClN3O2. The number of hydrogen-bond acceptors (Lipinski definition) is 5. The zero-order chi connectivity index (χ0) is 14.0. The number of ether oxygens (including phenoxy) is 1. The molecule has 5 nitrogen and oxygen atoms in total. The molecular weight excluding hydrogens is 290 g/mol. The summed E-state index contributed by atoms with van der Waals surface area (Å²) in [6.07, 6.45) is 4.09. The van der Waals surface area contributed by atoms with Gasteiger partial charge in [-0.2, -0.15) is 4.98 Å². The van der Waals surface area contributed by atoms with Gasteiger partial charge in [-0.1, -0.05) is 30.1 Å². The van der Waals surface area contributed by atoms with Gasteiger partial charge in [0.2, 0.25) is 0 Å². The number of aryl methyl sites for hydroxylation is 1. The Labute approximate surface area is 130 Å². The molecule has 2 aromatic rings. The van der Waals surface area contributed by atoms with E-state index in [0.717, 1.165) is 37.0 Å². The molecule has 1 aliphatic carbocycles. The lowest BCUT2D eigenvalue weighted by Gasteiger charge is -2.17. The van der Waals surface area contributed by atoms with Gasteiger partial charge in [0.15, 0.2) is 12.4 Å². The first kappa shape index (κ1) is 15.8. The molecule has 0 unspecified atom stereocenters. The fraction of sp³-hybridized carbons (Fsp3) is 0.467. The van der Waals surface area contributed by atoms with Crippen LogP contribution in [0.25, 0.3) is 0 Å². The molecule has 2 N–H and O–H groups in total. The maximum absolute atomic E-state index is 6.30. The monoisotopic (exact) mass is 309 g/mol. The van der Waals surface area contributed by atoms with Crippen molar-refractivity contribution in [1.82, 2.24) is 10.1 Å². The number of hydrogen-bond donors (Lipinski definition) is 1. The van der Waals surface area contributed by atoms with Crippen molar-refractivity contribution < 1.29 is 9.26 Å². The van der Waals surface area contributed by atoms with E-state index in [9.17, 15) is 0 Å². The van der Waals surface area contributed by atoms with E-state index in [1.54, 1.807) is 0 Å². The minimum atomic E-state index is -0.412. The van der Waals surface area contributed by atoms with Crippen LogP contribution in [0.2, 0.25) is 0 Å². The maximum Gasteiger partial charge on any atom is 0.264 e. The van der Waals surface area contributed by atoms with Crippen molar-refractivity contribution in [2.75, 3.05) is 0 Å². The topological polar surface area (TPSA) is 74.2 Å². The lowest BCUT2D eigenvalue weighted by molar-refractivity contribution is 0.241. The summed E-state index contributed by atoms with van der Waals surface area (Å²) in [4.78, 5) is 4.37. The summed E-state index contributed by atoms with van der Waals surface area (Å²) in [6, 6.07) is 7.86. The summed E-state index contributed by atoms with van der Waals surface area (Å²) < 4.78 is 10.9. The number of rotatable bonds is 4. The van der Waals surface area contributed by atoms with Gasteiger partial charge in [0.25, 0.3) is 5.89 Å². The molecule has 0 aliphatic heterocycles. The number of nitrogens with zero attached hydrogens (tertiary/aromatic N) is 2. The summed E-state index contributed by atoms with van der Waals surface area (Å²) >= 11 is 0. The van der Waals surface area contributed by atoms with Gasteiger partial charge in [-0.25, -0.2) is 0 Å². The lowest BCUT2D eigenvalue weighted by atomic mass is 9.99. The molecule has 1 fully saturated rings. The van der Waals surface area contributed by atoms with Crippen molar-refractivity contribution >= 4 is 12.4 Å². The van der Waals surface area contributed by atoms with E-state index in [0.29, 0.717) is 11.7 Å². The van der Waals surface area contributed by atoms with Crippen molar-refractivity contribution in [3.05, 3.63) is 41.5 Å². The molecule has 1 saturated carbocycles. The summed E-state index contributed by atoms with van der Waals surface area (Å²) in [5.41, 5.74) is 7.04. The summed E-state index contributed by atoms with van der Waals surface area (Å²) in [7, 11) is 0. The first-order chi connectivity index (χ1) is 9.66. The molecule has 0 spiro atoms. The number of aromatic nitrogens is 2. The molecule has 0 amide bonds. The molecule has 1 heterocycles. The van der Waals surface area contributed by atoms with Crippen LogP contribution >= 0.6 is 12.4 Å². The van der Waals surface area contributed by atoms with Crippen LogP contribution in [0.3, 0.4) is 0 Å². The van der Waals surface area contributed by atoms with Gasteiger partial charge in [0, 0.05) is 0 Å². The standard InChI is InChI=1S/C15H19N3O2.ClH/c1-11-5-4-6-12(9-11)19-10-13-17-14(18-20-13)15(16)7-2-3-8-15;/h4-6,9H,2-3,7-8,10,16H2,1H3;1H. The Balaban J connectivity index is 0.00000161. The Morgan fingerprint density at radius 3 is 2.81 bits per heavy atom. The summed E-state index contributed by atoms with van der Waals surface area (Å²) in [5, 5.41) is 4.01. The van der Waals surface area contributed by atoms with Gasteiger partial charge in [-0.3, -0.25) is 0 Å². The second-order valence-corrected chi connectivity index (χ2v) is 5.48. The van der Waals surface area contributed by atoms with Gasteiger partial charge in [-0.15, -0.1) is 12.4 Å². The number of benzene rings is 1. The Morgan fingerprint density at radius 2 is 2.10 bits per heavy atom. The summed E-state index contributed by atoms with van der Waals surface area (Å²) in [6.45, 7) is 2.29. The van der Waals surface area contributed by atoms with Crippen LogP contribution < -0.4 is 10.5 Å². The van der Waals surface area contributed by atoms with Crippen LogP contribution in [0, 0.1) is 6.92 Å². The minimum Gasteiger partial charge on any atom is -0.484 e. The van der Waals surface area contributed by atoms with Crippen LogP contribution in [0.1, 0.15) is 43.0 Å².